The van der Waals surface area contributed by atoms with Crippen molar-refractivity contribution in [2.45, 2.75) is 0 Å². The highest BCUT2D eigenvalue weighted by Gasteiger charge is 2.20. The molecule has 0 aliphatic carbocycles. The minimum Gasteiger partial charge on any atom is -0.0622 e. The van der Waals surface area contributed by atoms with Crippen LogP contribution in [0.25, 0.3) is 176 Å². The molecule has 96 heavy (non-hydrogen) atoms. The summed E-state index contributed by atoms with van der Waals surface area (Å²) in [4.78, 5) is 0. The van der Waals surface area contributed by atoms with E-state index >= 15 is 0 Å². The third kappa shape index (κ3) is 10.9. The Balaban J connectivity index is 0.000000145. The van der Waals surface area contributed by atoms with E-state index in [-0.39, 0.29) is 0 Å². The van der Waals surface area contributed by atoms with E-state index < -0.39 is 0 Å². The van der Waals surface area contributed by atoms with E-state index in [0.29, 0.717) is 0 Å². The fourth-order valence-corrected chi connectivity index (χ4v) is 14.7. The minimum atomic E-state index is 1.22. The molecule has 0 saturated carbocycles. The van der Waals surface area contributed by atoms with Crippen LogP contribution in [-0.4, -0.2) is 0 Å². The molecule has 448 valence electrons. The van der Waals surface area contributed by atoms with E-state index in [9.17, 15) is 0 Å². The highest BCUT2D eigenvalue weighted by atomic mass is 14.2. The van der Waals surface area contributed by atoms with Crippen LogP contribution in [0.3, 0.4) is 0 Å². The Labute approximate surface area is 560 Å². The molecular formula is C96H64. The van der Waals surface area contributed by atoms with Crippen molar-refractivity contribution in [3.63, 3.8) is 0 Å². The first kappa shape index (κ1) is 57.4. The lowest BCUT2D eigenvalue weighted by Crippen LogP contribution is -1.91. The van der Waals surface area contributed by atoms with Gasteiger partial charge in [0.15, 0.2) is 0 Å². The Hall–Kier alpha value is -12.5. The topological polar surface area (TPSA) is 0 Å². The van der Waals surface area contributed by atoms with E-state index in [1.54, 1.807) is 0 Å². The Morgan fingerprint density at radius 2 is 0.312 bits per heavy atom. The van der Waals surface area contributed by atoms with E-state index in [2.05, 4.69) is 388 Å². The summed E-state index contributed by atoms with van der Waals surface area (Å²) < 4.78 is 0. The fraction of sp³-hybridized carbons (Fsp3) is 0. The largest absolute Gasteiger partial charge is 0.0622 e. The first-order chi connectivity index (χ1) is 47.6. The number of rotatable bonds is 10. The predicted octanol–water partition coefficient (Wildman–Crippen LogP) is 27.0. The molecule has 0 fully saturated rings. The average molecular weight is 1220 g/mol. The van der Waals surface area contributed by atoms with Crippen LogP contribution in [0, 0.1) is 0 Å². The molecule has 0 aliphatic heterocycles. The first-order valence-corrected chi connectivity index (χ1v) is 33.2. The fourth-order valence-electron chi connectivity index (χ4n) is 14.7. The van der Waals surface area contributed by atoms with Crippen LogP contribution in [0.4, 0.5) is 0 Å². The van der Waals surface area contributed by atoms with Crippen molar-refractivity contribution < 1.29 is 0 Å². The van der Waals surface area contributed by atoms with Crippen LogP contribution in [0.15, 0.2) is 388 Å². The van der Waals surface area contributed by atoms with Gasteiger partial charge in [-0.3, -0.25) is 0 Å². The number of benzene rings is 18. The van der Waals surface area contributed by atoms with Gasteiger partial charge in [0.2, 0.25) is 0 Å². The van der Waals surface area contributed by atoms with Crippen molar-refractivity contribution in [1.29, 1.82) is 0 Å². The molecule has 0 spiro atoms. The zero-order chi connectivity index (χ0) is 63.7. The van der Waals surface area contributed by atoms with Crippen LogP contribution in [0.1, 0.15) is 0 Å². The molecular weight excluding hydrogens is 1150 g/mol. The van der Waals surface area contributed by atoms with Gasteiger partial charge in [-0.25, -0.2) is 0 Å². The van der Waals surface area contributed by atoms with E-state index in [1.807, 2.05) is 0 Å². The second-order valence-electron chi connectivity index (χ2n) is 25.0. The third-order valence-corrected chi connectivity index (χ3v) is 19.3. The zero-order valence-corrected chi connectivity index (χ0v) is 53.0. The summed E-state index contributed by atoms with van der Waals surface area (Å²) in [5, 5.41) is 15.1. The van der Waals surface area contributed by atoms with Crippen molar-refractivity contribution in [1.82, 2.24) is 0 Å². The molecule has 0 atom stereocenters. The first-order valence-electron chi connectivity index (χ1n) is 33.2. The maximum Gasteiger partial charge on any atom is -0.00262 e. The summed E-state index contributed by atoms with van der Waals surface area (Å²) >= 11 is 0. The zero-order valence-electron chi connectivity index (χ0n) is 53.0. The molecule has 0 N–H and O–H groups in total. The van der Waals surface area contributed by atoms with Gasteiger partial charge in [-0.1, -0.05) is 352 Å². The van der Waals surface area contributed by atoms with E-state index in [4.69, 9.17) is 0 Å². The Bertz CT molecular complexity index is 5790. The van der Waals surface area contributed by atoms with E-state index in [1.165, 1.54) is 176 Å². The molecule has 18 aromatic carbocycles. The number of hydrogen-bond donors (Lipinski definition) is 0. The van der Waals surface area contributed by atoms with Gasteiger partial charge in [0.1, 0.15) is 0 Å². The van der Waals surface area contributed by atoms with E-state index in [0.717, 1.165) is 0 Å². The van der Waals surface area contributed by atoms with Crippen LogP contribution in [-0.2, 0) is 0 Å². The molecule has 0 radical (unpaired) electrons. The molecule has 0 aliphatic rings. The third-order valence-electron chi connectivity index (χ3n) is 19.3. The molecule has 0 amide bonds. The summed E-state index contributed by atoms with van der Waals surface area (Å²) in [6, 6.07) is 141. The molecule has 0 heteroatoms. The normalized spacial score (nSPS) is 11.3. The Morgan fingerprint density at radius 3 is 0.688 bits per heavy atom. The van der Waals surface area contributed by atoms with Gasteiger partial charge in [-0.15, -0.1) is 0 Å². The van der Waals surface area contributed by atoms with Crippen LogP contribution in [0.5, 0.6) is 0 Å². The highest BCUT2D eigenvalue weighted by Crippen LogP contribution is 2.48. The molecule has 0 nitrogen and oxygen atoms in total. The molecule has 18 rings (SSSR count). The number of hydrogen-bond acceptors (Lipinski definition) is 0. The quantitative estimate of drug-likeness (QED) is 0.120. The summed E-state index contributed by atoms with van der Waals surface area (Å²) in [5.74, 6) is 0. The Morgan fingerprint density at radius 1 is 0.104 bits per heavy atom. The lowest BCUT2D eigenvalue weighted by atomic mass is 9.85. The summed E-state index contributed by atoms with van der Waals surface area (Å²) in [6.45, 7) is 0. The van der Waals surface area contributed by atoms with Crippen LogP contribution in [0.2, 0.25) is 0 Å². The maximum atomic E-state index is 2.38. The summed E-state index contributed by atoms with van der Waals surface area (Å²) in [5.41, 5.74) is 24.8. The van der Waals surface area contributed by atoms with Crippen LogP contribution < -0.4 is 0 Å². The SMILES string of the molecule is c1ccc(-c2ccc(-c3ccc4ccc(-c5c6ccccc6c(-c6cccc(-c7ccccc7)c6)c6ccccc56)cc4c3)cc2)cc1.c1ccc(-c2cccc(-c3c4ccccc4c(-c4ccc5ccc(-c6ccccc6-c6ccccc6)cc5c4)c4ccccc34)c2)cc1. The molecule has 0 unspecified atom stereocenters. The molecule has 0 bridgehead atoms. The second-order valence-corrected chi connectivity index (χ2v) is 25.0. The van der Waals surface area contributed by atoms with Gasteiger partial charge >= 0.3 is 0 Å². The minimum absolute atomic E-state index is 1.22. The van der Waals surface area contributed by atoms with Crippen LogP contribution >= 0.6 is 0 Å². The highest BCUT2D eigenvalue weighted by molar-refractivity contribution is 6.23. The molecule has 0 heterocycles. The molecule has 0 saturated heterocycles. The van der Waals surface area contributed by atoms with Gasteiger partial charge in [-0.05, 0) is 212 Å². The van der Waals surface area contributed by atoms with Gasteiger partial charge < -0.3 is 0 Å². The van der Waals surface area contributed by atoms with Crippen molar-refractivity contribution in [2.75, 3.05) is 0 Å². The van der Waals surface area contributed by atoms with Crippen molar-refractivity contribution in [2.24, 2.45) is 0 Å². The smallest absolute Gasteiger partial charge is 0.00262 e. The number of fused-ring (bicyclic) bond motifs is 6. The second kappa shape index (κ2) is 25.2. The van der Waals surface area contributed by atoms with Gasteiger partial charge in [0, 0.05) is 0 Å². The standard InChI is InChI=1S/2C48H32/c1-3-12-33(13-4-1)35-22-24-36(25-23-35)39-28-26-37-27-29-41(32-42(37)31-39)48-45-20-9-7-18-43(45)47(44-19-8-10-21-46(44)48)40-17-11-16-38(30-40)34-14-5-2-6-15-34;1-3-14-33(15-4-1)36-18-13-19-38(30-36)47-43-22-9-11-24-45(43)48(46-25-12-10-23-44(46)47)39-29-27-34-26-28-37(31-40(34)32-39)42-21-8-7-20-41(42)35-16-5-2-6-17-35/h2*1-32H. The van der Waals surface area contributed by atoms with Crippen molar-refractivity contribution in [3.05, 3.63) is 388 Å². The maximum absolute atomic E-state index is 2.38. The Kier molecular flexibility index (Phi) is 15.1. The van der Waals surface area contributed by atoms with Gasteiger partial charge in [0.05, 0.1) is 0 Å². The lowest BCUT2D eigenvalue weighted by molar-refractivity contribution is 1.59. The molecule has 18 aromatic rings. The predicted molar refractivity (Wildman–Crippen MR) is 412 cm³/mol. The lowest BCUT2D eigenvalue weighted by Gasteiger charge is -2.18. The summed E-state index contributed by atoms with van der Waals surface area (Å²) in [7, 11) is 0. The molecule has 0 aromatic heterocycles. The van der Waals surface area contributed by atoms with Gasteiger partial charge in [0.25, 0.3) is 0 Å². The monoisotopic (exact) mass is 1220 g/mol. The van der Waals surface area contributed by atoms with Gasteiger partial charge in [-0.2, -0.15) is 0 Å². The summed E-state index contributed by atoms with van der Waals surface area (Å²) in [6.07, 6.45) is 0. The van der Waals surface area contributed by atoms with Crippen molar-refractivity contribution >= 4 is 64.6 Å². The average Bonchev–Trinajstić information content (AvgIpc) is 0.740. The van der Waals surface area contributed by atoms with Crippen molar-refractivity contribution in [3.8, 4) is 111 Å².